The van der Waals surface area contributed by atoms with E-state index in [1.54, 1.807) is 18.9 Å². The highest BCUT2D eigenvalue weighted by Gasteiger charge is 2.25. The van der Waals surface area contributed by atoms with Gasteiger partial charge in [0.2, 0.25) is 0 Å². The molecule has 3 heterocycles. The van der Waals surface area contributed by atoms with Gasteiger partial charge in [-0.05, 0) is 36.3 Å². The van der Waals surface area contributed by atoms with Crippen LogP contribution in [0.4, 0.5) is 5.82 Å². The number of aromatic nitrogens is 4. The summed E-state index contributed by atoms with van der Waals surface area (Å²) in [5.74, 6) is 2.40. The van der Waals surface area contributed by atoms with E-state index < -0.39 is 0 Å². The number of benzene rings is 1. The average molecular weight is 347 g/mol. The minimum atomic E-state index is 0.371. The number of nitrogens with zero attached hydrogens (tertiary/aromatic N) is 5. The van der Waals surface area contributed by atoms with Crippen molar-refractivity contribution in [2.45, 2.75) is 45.1 Å². The Morgan fingerprint density at radius 1 is 1.04 bits per heavy atom. The van der Waals surface area contributed by atoms with Gasteiger partial charge in [0.1, 0.15) is 24.3 Å². The van der Waals surface area contributed by atoms with E-state index >= 15 is 0 Å². The van der Waals surface area contributed by atoms with Gasteiger partial charge in [-0.1, -0.05) is 38.1 Å². The van der Waals surface area contributed by atoms with E-state index in [9.17, 15) is 0 Å². The quantitative estimate of drug-likeness (QED) is 0.696. The molecular weight excluding hydrogens is 322 g/mol. The van der Waals surface area contributed by atoms with Gasteiger partial charge in [-0.3, -0.25) is 4.57 Å². The molecule has 1 saturated heterocycles. The molecule has 0 radical (unpaired) electrons. The third-order valence-electron chi connectivity index (χ3n) is 5.19. The molecule has 3 aromatic rings. The van der Waals surface area contributed by atoms with Crippen LogP contribution in [0, 0.1) is 0 Å². The fourth-order valence-electron chi connectivity index (χ4n) is 3.69. The summed E-state index contributed by atoms with van der Waals surface area (Å²) in [6.45, 7) is 5.50. The molecule has 1 fully saturated rings. The Balaban J connectivity index is 1.64. The van der Waals surface area contributed by atoms with Crippen LogP contribution < -0.4 is 4.90 Å². The van der Waals surface area contributed by atoms with Crippen LogP contribution in [0.5, 0.6) is 0 Å². The fraction of sp³-hybridized carbons (Fsp3) is 0.381. The normalized spacial score (nSPS) is 17.7. The van der Waals surface area contributed by atoms with Crippen LogP contribution in [-0.2, 0) is 0 Å². The summed E-state index contributed by atoms with van der Waals surface area (Å²) in [4.78, 5) is 15.5. The van der Waals surface area contributed by atoms with E-state index in [0.717, 1.165) is 24.6 Å². The second kappa shape index (κ2) is 7.28. The zero-order valence-electron chi connectivity index (χ0n) is 15.4. The summed E-state index contributed by atoms with van der Waals surface area (Å²) in [7, 11) is 0. The van der Waals surface area contributed by atoms with Gasteiger partial charge >= 0.3 is 0 Å². The van der Waals surface area contributed by atoms with Crippen LogP contribution in [0.3, 0.4) is 0 Å². The Labute approximate surface area is 154 Å². The Morgan fingerprint density at radius 2 is 1.85 bits per heavy atom. The van der Waals surface area contributed by atoms with Crippen LogP contribution in [0.25, 0.3) is 5.82 Å². The molecule has 26 heavy (non-hydrogen) atoms. The molecule has 1 unspecified atom stereocenters. The molecule has 1 atom stereocenters. The van der Waals surface area contributed by atoms with Crippen molar-refractivity contribution in [2.75, 3.05) is 11.4 Å². The lowest BCUT2D eigenvalue weighted by Crippen LogP contribution is -2.34. The van der Waals surface area contributed by atoms with Crippen molar-refractivity contribution in [3.8, 4) is 5.82 Å². The van der Waals surface area contributed by atoms with Crippen molar-refractivity contribution in [3.05, 3.63) is 66.5 Å². The van der Waals surface area contributed by atoms with Crippen molar-refractivity contribution in [3.63, 3.8) is 0 Å². The van der Waals surface area contributed by atoms with Gasteiger partial charge in [0.05, 0.1) is 6.04 Å². The molecule has 0 N–H and O–H groups in total. The van der Waals surface area contributed by atoms with Crippen molar-refractivity contribution in [1.82, 2.24) is 19.5 Å². The van der Waals surface area contributed by atoms with Gasteiger partial charge in [0.15, 0.2) is 0 Å². The highest BCUT2D eigenvalue weighted by Crippen LogP contribution is 2.34. The number of imidazole rings is 1. The maximum atomic E-state index is 4.58. The summed E-state index contributed by atoms with van der Waals surface area (Å²) in [5.41, 5.74) is 2.76. The lowest BCUT2D eigenvalue weighted by atomic mass is 9.93. The standard InChI is InChI=1S/C21H25N5/c1-16(2)17-6-8-18(9-7-17)19-5-3-4-11-26(19)21-13-20(23-14-24-21)25-12-10-22-15-25/h6-10,12-16,19H,3-5,11H2,1-2H3. The molecular formula is C21H25N5. The molecule has 0 spiro atoms. The zero-order chi connectivity index (χ0) is 17.9. The van der Waals surface area contributed by atoms with Gasteiger partial charge < -0.3 is 4.90 Å². The molecule has 0 aliphatic carbocycles. The van der Waals surface area contributed by atoms with Crippen molar-refractivity contribution >= 4 is 5.82 Å². The van der Waals surface area contributed by atoms with Gasteiger partial charge in [-0.2, -0.15) is 0 Å². The van der Waals surface area contributed by atoms with Crippen LogP contribution >= 0.6 is 0 Å². The summed E-state index contributed by atoms with van der Waals surface area (Å²) in [6.07, 6.45) is 10.7. The van der Waals surface area contributed by atoms with Crippen LogP contribution in [-0.4, -0.2) is 26.1 Å². The van der Waals surface area contributed by atoms with Crippen molar-refractivity contribution in [1.29, 1.82) is 0 Å². The average Bonchev–Trinajstić information content (AvgIpc) is 3.23. The van der Waals surface area contributed by atoms with E-state index in [-0.39, 0.29) is 0 Å². The van der Waals surface area contributed by atoms with E-state index in [1.807, 2.05) is 10.8 Å². The Bertz CT molecular complexity index is 839. The predicted molar refractivity (Wildman–Crippen MR) is 104 cm³/mol. The Kier molecular flexibility index (Phi) is 4.69. The molecule has 1 aliphatic heterocycles. The summed E-state index contributed by atoms with van der Waals surface area (Å²) in [6, 6.07) is 11.5. The molecule has 2 aromatic heterocycles. The highest BCUT2D eigenvalue weighted by atomic mass is 15.2. The molecule has 134 valence electrons. The van der Waals surface area contributed by atoms with Crippen LogP contribution in [0.2, 0.25) is 0 Å². The van der Waals surface area contributed by atoms with Crippen molar-refractivity contribution in [2.24, 2.45) is 0 Å². The maximum Gasteiger partial charge on any atom is 0.143 e. The molecule has 0 bridgehead atoms. The third-order valence-corrected chi connectivity index (χ3v) is 5.19. The molecule has 0 amide bonds. The zero-order valence-corrected chi connectivity index (χ0v) is 15.4. The van der Waals surface area contributed by atoms with Crippen LogP contribution in [0.15, 0.2) is 55.4 Å². The van der Waals surface area contributed by atoms with E-state index in [2.05, 4.69) is 64.0 Å². The Morgan fingerprint density at radius 3 is 2.58 bits per heavy atom. The third kappa shape index (κ3) is 3.34. The topological polar surface area (TPSA) is 46.8 Å². The first-order chi connectivity index (χ1) is 12.7. The molecule has 0 saturated carbocycles. The van der Waals surface area contributed by atoms with Gasteiger partial charge in [0.25, 0.3) is 0 Å². The minimum Gasteiger partial charge on any atom is -0.349 e. The molecule has 5 heteroatoms. The number of rotatable bonds is 4. The second-order valence-corrected chi connectivity index (χ2v) is 7.23. The second-order valence-electron chi connectivity index (χ2n) is 7.23. The lowest BCUT2D eigenvalue weighted by Gasteiger charge is -2.37. The minimum absolute atomic E-state index is 0.371. The van der Waals surface area contributed by atoms with E-state index in [1.165, 1.54) is 24.0 Å². The van der Waals surface area contributed by atoms with Gasteiger partial charge in [-0.25, -0.2) is 15.0 Å². The fourth-order valence-corrected chi connectivity index (χ4v) is 3.69. The molecule has 5 nitrogen and oxygen atoms in total. The van der Waals surface area contributed by atoms with Gasteiger partial charge in [0, 0.05) is 25.0 Å². The lowest BCUT2D eigenvalue weighted by molar-refractivity contribution is 0.469. The summed E-state index contributed by atoms with van der Waals surface area (Å²) >= 11 is 0. The van der Waals surface area contributed by atoms with Crippen LogP contribution in [0.1, 0.15) is 56.2 Å². The first kappa shape index (κ1) is 16.8. The van der Waals surface area contributed by atoms with E-state index in [0.29, 0.717) is 12.0 Å². The number of piperidine rings is 1. The molecule has 4 rings (SSSR count). The Hall–Kier alpha value is -2.69. The highest BCUT2D eigenvalue weighted by molar-refractivity contribution is 5.47. The number of anilines is 1. The summed E-state index contributed by atoms with van der Waals surface area (Å²) < 4.78 is 1.92. The summed E-state index contributed by atoms with van der Waals surface area (Å²) in [5, 5.41) is 0. The maximum absolute atomic E-state index is 4.58. The monoisotopic (exact) mass is 347 g/mol. The van der Waals surface area contributed by atoms with Crippen molar-refractivity contribution < 1.29 is 0 Å². The molecule has 1 aliphatic rings. The predicted octanol–water partition coefficient (Wildman–Crippen LogP) is 4.52. The molecule has 1 aromatic carbocycles. The smallest absolute Gasteiger partial charge is 0.143 e. The number of hydrogen-bond donors (Lipinski definition) is 0. The first-order valence-corrected chi connectivity index (χ1v) is 9.39. The SMILES string of the molecule is CC(C)c1ccc(C2CCCCN2c2cc(-n3ccnc3)ncn2)cc1. The first-order valence-electron chi connectivity index (χ1n) is 9.39. The van der Waals surface area contributed by atoms with E-state index in [4.69, 9.17) is 0 Å². The number of hydrogen-bond acceptors (Lipinski definition) is 4. The largest absolute Gasteiger partial charge is 0.349 e. The van der Waals surface area contributed by atoms with Gasteiger partial charge in [-0.15, -0.1) is 0 Å².